The van der Waals surface area contributed by atoms with Crippen molar-refractivity contribution in [3.05, 3.63) is 52.1 Å². The first kappa shape index (κ1) is 20.3. The molecular formula is C22H26FN5O2. The third-order valence-corrected chi connectivity index (χ3v) is 5.68. The summed E-state index contributed by atoms with van der Waals surface area (Å²) in [6.07, 6.45) is 1.68. The summed E-state index contributed by atoms with van der Waals surface area (Å²) in [7, 11) is 0. The first-order chi connectivity index (χ1) is 14.4. The first-order valence-corrected chi connectivity index (χ1v) is 10.2. The zero-order valence-corrected chi connectivity index (χ0v) is 17.2. The van der Waals surface area contributed by atoms with Crippen LogP contribution in [0.4, 0.5) is 10.1 Å². The fourth-order valence-corrected chi connectivity index (χ4v) is 4.06. The Morgan fingerprint density at radius 3 is 2.80 bits per heavy atom. The fraction of sp³-hybridized carbons (Fsp3) is 0.364. The Kier molecular flexibility index (Phi) is 5.69. The SMILES string of the molecule is Cc1[nH]c(C=C2C(=O)Nc3ccc(F)cc32)c(C)c1C(=O)NCCN1CCNCC1. The lowest BCUT2D eigenvalue weighted by Gasteiger charge is -2.27. The number of fused-ring (bicyclic) bond motifs is 1. The number of piperazine rings is 1. The second kappa shape index (κ2) is 8.41. The molecule has 8 heteroatoms. The Balaban J connectivity index is 1.51. The van der Waals surface area contributed by atoms with Gasteiger partial charge >= 0.3 is 0 Å². The van der Waals surface area contributed by atoms with Crippen LogP contribution in [0.5, 0.6) is 0 Å². The summed E-state index contributed by atoms with van der Waals surface area (Å²) in [4.78, 5) is 30.7. The van der Waals surface area contributed by atoms with Gasteiger partial charge in [0.05, 0.1) is 11.1 Å². The van der Waals surface area contributed by atoms with Gasteiger partial charge in [-0.05, 0) is 43.7 Å². The molecule has 2 aliphatic rings. The summed E-state index contributed by atoms with van der Waals surface area (Å²) in [6, 6.07) is 4.20. The van der Waals surface area contributed by atoms with Crippen LogP contribution >= 0.6 is 0 Å². The zero-order valence-electron chi connectivity index (χ0n) is 17.2. The van der Waals surface area contributed by atoms with Gasteiger partial charge in [0.2, 0.25) is 0 Å². The van der Waals surface area contributed by atoms with Crippen molar-refractivity contribution in [2.75, 3.05) is 44.6 Å². The number of nitrogens with zero attached hydrogens (tertiary/aromatic N) is 1. The van der Waals surface area contributed by atoms with E-state index in [1.807, 2.05) is 13.8 Å². The third kappa shape index (κ3) is 4.01. The summed E-state index contributed by atoms with van der Waals surface area (Å²) >= 11 is 0. The van der Waals surface area contributed by atoms with E-state index in [9.17, 15) is 14.0 Å². The van der Waals surface area contributed by atoms with E-state index in [1.54, 1.807) is 12.1 Å². The van der Waals surface area contributed by atoms with E-state index in [0.29, 0.717) is 34.6 Å². The molecule has 4 N–H and O–H groups in total. The molecule has 7 nitrogen and oxygen atoms in total. The second-order valence-corrected chi connectivity index (χ2v) is 7.71. The molecule has 0 radical (unpaired) electrons. The van der Waals surface area contributed by atoms with Crippen LogP contribution in [0.3, 0.4) is 0 Å². The molecule has 3 heterocycles. The Morgan fingerprint density at radius 1 is 1.27 bits per heavy atom. The minimum Gasteiger partial charge on any atom is -0.358 e. The Morgan fingerprint density at radius 2 is 2.03 bits per heavy atom. The van der Waals surface area contributed by atoms with E-state index in [0.717, 1.165) is 44.0 Å². The molecule has 1 saturated heterocycles. The molecule has 2 aliphatic heterocycles. The van der Waals surface area contributed by atoms with Gasteiger partial charge in [-0.3, -0.25) is 14.5 Å². The average Bonchev–Trinajstić information content (AvgIpc) is 3.18. The predicted octanol–water partition coefficient (Wildman–Crippen LogP) is 1.90. The molecule has 1 aromatic carbocycles. The van der Waals surface area contributed by atoms with Gasteiger partial charge in [-0.15, -0.1) is 0 Å². The van der Waals surface area contributed by atoms with Crippen molar-refractivity contribution in [2.24, 2.45) is 0 Å². The molecule has 0 unspecified atom stereocenters. The van der Waals surface area contributed by atoms with Crippen LogP contribution in [0.15, 0.2) is 18.2 Å². The first-order valence-electron chi connectivity index (χ1n) is 10.2. The molecule has 4 rings (SSSR count). The van der Waals surface area contributed by atoms with E-state index in [1.165, 1.54) is 12.1 Å². The number of carbonyl (C=O) groups excluding carboxylic acids is 2. The van der Waals surface area contributed by atoms with Gasteiger partial charge in [-0.2, -0.15) is 0 Å². The lowest BCUT2D eigenvalue weighted by atomic mass is 10.0. The second-order valence-electron chi connectivity index (χ2n) is 7.71. The molecule has 1 aromatic heterocycles. The van der Waals surface area contributed by atoms with E-state index in [-0.39, 0.29) is 11.8 Å². The Bertz CT molecular complexity index is 1020. The monoisotopic (exact) mass is 411 g/mol. The van der Waals surface area contributed by atoms with E-state index in [4.69, 9.17) is 0 Å². The molecule has 1 fully saturated rings. The number of benzene rings is 1. The van der Waals surface area contributed by atoms with E-state index < -0.39 is 5.82 Å². The van der Waals surface area contributed by atoms with E-state index in [2.05, 4.69) is 25.8 Å². The highest BCUT2D eigenvalue weighted by Gasteiger charge is 2.26. The standard InChI is InChI=1S/C22H26FN5O2/c1-13-19(12-17-16-11-15(23)3-4-18(16)27-21(17)29)26-14(2)20(13)22(30)25-7-10-28-8-5-24-6-9-28/h3-4,11-12,24,26H,5-10H2,1-2H3,(H,25,30)(H,27,29). The lowest BCUT2D eigenvalue weighted by molar-refractivity contribution is -0.110. The topological polar surface area (TPSA) is 89.3 Å². The molecular weight excluding hydrogens is 385 g/mol. The van der Waals surface area contributed by atoms with Gasteiger partial charge in [0.25, 0.3) is 11.8 Å². The average molecular weight is 411 g/mol. The van der Waals surface area contributed by atoms with Crippen LogP contribution in [0.25, 0.3) is 11.6 Å². The lowest BCUT2D eigenvalue weighted by Crippen LogP contribution is -2.46. The van der Waals surface area contributed by atoms with Crippen molar-refractivity contribution in [1.82, 2.24) is 20.5 Å². The number of anilines is 1. The van der Waals surface area contributed by atoms with Crippen LogP contribution in [0.2, 0.25) is 0 Å². The number of hydrogen-bond acceptors (Lipinski definition) is 4. The van der Waals surface area contributed by atoms with Gasteiger partial charge in [0.1, 0.15) is 5.82 Å². The number of nitrogens with one attached hydrogen (secondary N) is 4. The number of H-pyrrole nitrogens is 1. The molecule has 0 aliphatic carbocycles. The highest BCUT2D eigenvalue weighted by Crippen LogP contribution is 2.34. The molecule has 0 saturated carbocycles. The quantitative estimate of drug-likeness (QED) is 0.566. The molecule has 0 spiro atoms. The predicted molar refractivity (Wildman–Crippen MR) is 115 cm³/mol. The largest absolute Gasteiger partial charge is 0.358 e. The van der Waals surface area contributed by atoms with Crippen LogP contribution < -0.4 is 16.0 Å². The van der Waals surface area contributed by atoms with E-state index >= 15 is 0 Å². The number of halogens is 1. The number of amides is 2. The normalized spacial score (nSPS) is 17.8. The van der Waals surface area contributed by atoms with Gasteiger partial charge < -0.3 is 20.9 Å². The molecule has 0 bridgehead atoms. The Labute approximate surface area is 174 Å². The van der Waals surface area contributed by atoms with Crippen molar-refractivity contribution < 1.29 is 14.0 Å². The summed E-state index contributed by atoms with van der Waals surface area (Å²) in [5.41, 5.74) is 4.23. The van der Waals surface area contributed by atoms with Crippen LogP contribution in [0.1, 0.15) is 32.9 Å². The van der Waals surface area contributed by atoms with Crippen molar-refractivity contribution in [3.63, 3.8) is 0 Å². The summed E-state index contributed by atoms with van der Waals surface area (Å²) < 4.78 is 13.7. The number of aryl methyl sites for hydroxylation is 1. The van der Waals surface area contributed by atoms with Gasteiger partial charge in [-0.25, -0.2) is 4.39 Å². The Hall–Kier alpha value is -2.97. The molecule has 2 aromatic rings. The van der Waals surface area contributed by atoms with Crippen LogP contribution in [-0.2, 0) is 4.79 Å². The highest BCUT2D eigenvalue weighted by atomic mass is 19.1. The van der Waals surface area contributed by atoms with Gasteiger partial charge in [-0.1, -0.05) is 0 Å². The molecule has 30 heavy (non-hydrogen) atoms. The van der Waals surface area contributed by atoms with Crippen molar-refractivity contribution in [1.29, 1.82) is 0 Å². The van der Waals surface area contributed by atoms with Crippen molar-refractivity contribution in [3.8, 4) is 0 Å². The number of aromatic amines is 1. The maximum absolute atomic E-state index is 13.7. The minimum atomic E-state index is -0.403. The number of aromatic nitrogens is 1. The fourth-order valence-electron chi connectivity index (χ4n) is 4.06. The third-order valence-electron chi connectivity index (χ3n) is 5.68. The van der Waals surface area contributed by atoms with Crippen molar-refractivity contribution in [2.45, 2.75) is 13.8 Å². The number of carbonyl (C=O) groups is 2. The molecule has 0 atom stereocenters. The number of rotatable bonds is 5. The number of hydrogen-bond donors (Lipinski definition) is 4. The smallest absolute Gasteiger partial charge is 0.256 e. The van der Waals surface area contributed by atoms with Crippen LogP contribution in [0, 0.1) is 19.7 Å². The summed E-state index contributed by atoms with van der Waals surface area (Å²) in [6.45, 7) is 9.00. The van der Waals surface area contributed by atoms with Crippen molar-refractivity contribution >= 4 is 29.2 Å². The maximum Gasteiger partial charge on any atom is 0.256 e. The maximum atomic E-state index is 13.7. The highest BCUT2D eigenvalue weighted by molar-refractivity contribution is 6.34. The zero-order chi connectivity index (χ0) is 21.3. The summed E-state index contributed by atoms with van der Waals surface area (Å²) in [5.74, 6) is -0.826. The molecule has 2 amide bonds. The summed E-state index contributed by atoms with van der Waals surface area (Å²) in [5, 5.41) is 9.05. The van der Waals surface area contributed by atoms with Gasteiger partial charge in [0, 0.05) is 61.9 Å². The van der Waals surface area contributed by atoms with Gasteiger partial charge in [0.15, 0.2) is 0 Å². The molecule has 158 valence electrons. The van der Waals surface area contributed by atoms with Crippen LogP contribution in [-0.4, -0.2) is 61.0 Å². The minimum absolute atomic E-state index is 0.136.